The summed E-state index contributed by atoms with van der Waals surface area (Å²) >= 11 is 0. The second-order valence-corrected chi connectivity index (χ2v) is 2.65. The van der Waals surface area contributed by atoms with Crippen molar-refractivity contribution in [2.24, 2.45) is 5.73 Å². The van der Waals surface area contributed by atoms with Crippen molar-refractivity contribution in [3.63, 3.8) is 0 Å². The summed E-state index contributed by atoms with van der Waals surface area (Å²) in [6.45, 7) is 0.229. The summed E-state index contributed by atoms with van der Waals surface area (Å²) in [6, 6.07) is 0. The highest BCUT2D eigenvalue weighted by atomic mass is 16.2. The average Bonchev–Trinajstić information content (AvgIpc) is 2.50. The normalized spacial score (nSPS) is 22.9. The molecule has 0 aromatic heterocycles. The van der Waals surface area contributed by atoms with Crippen molar-refractivity contribution in [2.45, 2.75) is 24.8 Å². The van der Waals surface area contributed by atoms with Crippen molar-refractivity contribution in [1.82, 2.24) is 0 Å². The molecule has 1 aliphatic carbocycles. The van der Waals surface area contributed by atoms with Crippen LogP contribution in [0.15, 0.2) is 12.2 Å². The molecule has 52 valence electrons. The van der Waals surface area contributed by atoms with Crippen LogP contribution < -0.4 is 5.73 Å². The molecule has 2 nitrogen and oxygen atoms in total. The van der Waals surface area contributed by atoms with Gasteiger partial charge in [-0.15, -0.1) is 0 Å². The molecule has 1 fully saturated rings. The van der Waals surface area contributed by atoms with E-state index in [1.54, 1.807) is 0 Å². The van der Waals surface area contributed by atoms with E-state index in [1.807, 2.05) is 12.2 Å². The minimum atomic E-state index is 0.00910. The summed E-state index contributed by atoms with van der Waals surface area (Å²) in [5.41, 5.74) is 5.73. The molecule has 0 aromatic carbocycles. The maximum absolute atomic E-state index is 8.39. The minimum absolute atomic E-state index is 0.00910. The highest BCUT2D eigenvalue weighted by Gasteiger charge is 2.34. The number of nitrogens with two attached hydrogens (primary N) is 1. The van der Waals surface area contributed by atoms with E-state index >= 15 is 0 Å². The largest absolute Gasteiger partial charge is 0.396 e. The Morgan fingerprint density at radius 2 is 2.22 bits per heavy atom. The van der Waals surface area contributed by atoms with Crippen molar-refractivity contribution >= 4 is 0 Å². The summed E-state index contributed by atoms with van der Waals surface area (Å²) < 4.78 is 0. The highest BCUT2D eigenvalue weighted by Crippen LogP contribution is 2.33. The van der Waals surface area contributed by atoms with E-state index in [4.69, 9.17) is 10.8 Å². The number of rotatable bonds is 3. The maximum Gasteiger partial charge on any atom is 0.0465 e. The number of aliphatic hydroxyl groups is 1. The lowest BCUT2D eigenvalue weighted by atomic mass is 10.2. The van der Waals surface area contributed by atoms with Crippen LogP contribution in [0.2, 0.25) is 0 Å². The van der Waals surface area contributed by atoms with Gasteiger partial charge >= 0.3 is 0 Å². The molecule has 0 saturated heterocycles. The quantitative estimate of drug-likeness (QED) is 0.539. The summed E-state index contributed by atoms with van der Waals surface area (Å²) in [5.74, 6) is 0. The van der Waals surface area contributed by atoms with E-state index < -0.39 is 0 Å². The van der Waals surface area contributed by atoms with Crippen molar-refractivity contribution in [1.29, 1.82) is 0 Å². The Morgan fingerprint density at radius 1 is 1.56 bits per heavy atom. The molecule has 1 aliphatic rings. The van der Waals surface area contributed by atoms with Crippen LogP contribution in [0.1, 0.15) is 19.3 Å². The first-order chi connectivity index (χ1) is 4.27. The number of hydrogen-bond donors (Lipinski definition) is 2. The Morgan fingerprint density at radius 3 is 2.67 bits per heavy atom. The Labute approximate surface area is 55.4 Å². The zero-order chi connectivity index (χ0) is 6.74. The maximum atomic E-state index is 8.39. The molecular weight excluding hydrogens is 114 g/mol. The molecule has 0 aliphatic heterocycles. The van der Waals surface area contributed by atoms with Crippen LogP contribution in [0, 0.1) is 0 Å². The third kappa shape index (κ3) is 2.16. The molecule has 0 spiro atoms. The summed E-state index contributed by atoms with van der Waals surface area (Å²) in [4.78, 5) is 0. The van der Waals surface area contributed by atoms with Gasteiger partial charge in [0.15, 0.2) is 0 Å². The SMILES string of the molecule is NC1(C=CCCO)CC1. The van der Waals surface area contributed by atoms with Crippen molar-refractivity contribution in [3.8, 4) is 0 Å². The van der Waals surface area contributed by atoms with E-state index in [9.17, 15) is 0 Å². The van der Waals surface area contributed by atoms with E-state index in [0.717, 1.165) is 19.3 Å². The zero-order valence-electron chi connectivity index (χ0n) is 5.51. The fourth-order valence-corrected chi connectivity index (χ4v) is 0.704. The standard InChI is InChI=1S/C7H13NO/c8-7(4-5-7)3-1-2-6-9/h1,3,9H,2,4-6,8H2. The van der Waals surface area contributed by atoms with Gasteiger partial charge in [0.05, 0.1) is 0 Å². The first-order valence-electron chi connectivity index (χ1n) is 3.34. The van der Waals surface area contributed by atoms with Crippen LogP contribution in [0.5, 0.6) is 0 Å². The first kappa shape index (κ1) is 6.78. The first-order valence-corrected chi connectivity index (χ1v) is 3.34. The molecule has 0 unspecified atom stereocenters. The Balaban J connectivity index is 2.15. The lowest BCUT2D eigenvalue weighted by Gasteiger charge is -1.96. The van der Waals surface area contributed by atoms with Gasteiger partial charge in [-0.05, 0) is 19.3 Å². The van der Waals surface area contributed by atoms with Crippen LogP contribution in [0.25, 0.3) is 0 Å². The molecule has 2 heteroatoms. The van der Waals surface area contributed by atoms with E-state index in [0.29, 0.717) is 0 Å². The zero-order valence-corrected chi connectivity index (χ0v) is 5.51. The molecule has 0 aromatic rings. The van der Waals surface area contributed by atoms with Crippen LogP contribution in [-0.2, 0) is 0 Å². The second-order valence-electron chi connectivity index (χ2n) is 2.65. The molecule has 0 heterocycles. The Hall–Kier alpha value is -0.340. The Kier molecular flexibility index (Phi) is 1.88. The molecule has 1 saturated carbocycles. The summed E-state index contributed by atoms with van der Waals surface area (Å²) in [6.07, 6.45) is 6.90. The third-order valence-electron chi connectivity index (χ3n) is 1.57. The van der Waals surface area contributed by atoms with Crippen molar-refractivity contribution in [2.75, 3.05) is 6.61 Å². The number of hydrogen-bond acceptors (Lipinski definition) is 2. The van der Waals surface area contributed by atoms with Gasteiger partial charge in [-0.1, -0.05) is 12.2 Å². The number of aliphatic hydroxyl groups excluding tert-OH is 1. The lowest BCUT2D eigenvalue weighted by molar-refractivity contribution is 0.302. The molecule has 9 heavy (non-hydrogen) atoms. The van der Waals surface area contributed by atoms with Gasteiger partial charge in [-0.2, -0.15) is 0 Å². The second kappa shape index (κ2) is 2.50. The lowest BCUT2D eigenvalue weighted by Crippen LogP contribution is -2.17. The molecule has 0 amide bonds. The van der Waals surface area contributed by atoms with Gasteiger partial charge in [0.1, 0.15) is 0 Å². The Bertz CT molecular complexity index is 116. The fourth-order valence-electron chi connectivity index (χ4n) is 0.704. The van der Waals surface area contributed by atoms with E-state index in [2.05, 4.69) is 0 Å². The van der Waals surface area contributed by atoms with E-state index in [-0.39, 0.29) is 12.1 Å². The molecule has 1 rings (SSSR count). The van der Waals surface area contributed by atoms with E-state index in [1.165, 1.54) is 0 Å². The highest BCUT2D eigenvalue weighted by molar-refractivity contribution is 5.14. The van der Waals surface area contributed by atoms with Crippen molar-refractivity contribution < 1.29 is 5.11 Å². The van der Waals surface area contributed by atoms with Gasteiger partial charge in [0.25, 0.3) is 0 Å². The molecule has 0 bridgehead atoms. The van der Waals surface area contributed by atoms with Gasteiger partial charge < -0.3 is 10.8 Å². The predicted octanol–water partition coefficient (Wildman–Crippen LogP) is 0.416. The molecular formula is C7H13NO. The van der Waals surface area contributed by atoms with Gasteiger partial charge in [0.2, 0.25) is 0 Å². The van der Waals surface area contributed by atoms with Crippen LogP contribution in [0.3, 0.4) is 0 Å². The summed E-state index contributed by atoms with van der Waals surface area (Å²) in [5, 5.41) is 8.39. The molecule has 3 N–H and O–H groups in total. The van der Waals surface area contributed by atoms with Gasteiger partial charge in [-0.3, -0.25) is 0 Å². The van der Waals surface area contributed by atoms with Crippen LogP contribution >= 0.6 is 0 Å². The fraction of sp³-hybridized carbons (Fsp3) is 0.714. The molecule has 0 radical (unpaired) electrons. The predicted molar refractivity (Wildman–Crippen MR) is 37.0 cm³/mol. The van der Waals surface area contributed by atoms with Gasteiger partial charge in [-0.25, -0.2) is 0 Å². The van der Waals surface area contributed by atoms with Crippen molar-refractivity contribution in [3.05, 3.63) is 12.2 Å². The molecule has 0 atom stereocenters. The third-order valence-corrected chi connectivity index (χ3v) is 1.57. The van der Waals surface area contributed by atoms with Crippen LogP contribution in [0.4, 0.5) is 0 Å². The van der Waals surface area contributed by atoms with Gasteiger partial charge in [0, 0.05) is 12.1 Å². The summed E-state index contributed by atoms with van der Waals surface area (Å²) in [7, 11) is 0. The topological polar surface area (TPSA) is 46.2 Å². The average molecular weight is 127 g/mol. The van der Waals surface area contributed by atoms with Crippen LogP contribution in [-0.4, -0.2) is 17.3 Å². The minimum Gasteiger partial charge on any atom is -0.396 e. The smallest absolute Gasteiger partial charge is 0.0465 e. The monoisotopic (exact) mass is 127 g/mol.